The molecule has 0 fully saturated rings. The van der Waals surface area contributed by atoms with Gasteiger partial charge in [0.1, 0.15) is 11.6 Å². The van der Waals surface area contributed by atoms with Gasteiger partial charge in [0.15, 0.2) is 11.6 Å². The molecule has 1 N–H and O–H groups in total. The van der Waals surface area contributed by atoms with E-state index < -0.39 is 0 Å². The number of carbonyl (C=O) groups is 1. The molecule has 164 valence electrons. The summed E-state index contributed by atoms with van der Waals surface area (Å²) in [5.74, 6) is -0.260. The number of nitrogens with zero attached hydrogens (tertiary/aromatic N) is 2. The molecule has 0 aliphatic rings. The lowest BCUT2D eigenvalue weighted by Gasteiger charge is -2.09. The Balaban J connectivity index is 1.33. The molecule has 0 spiro atoms. The summed E-state index contributed by atoms with van der Waals surface area (Å²) in [6, 6.07) is 18.4. The number of nitrogens with one attached hydrogen (secondary N) is 1. The summed E-state index contributed by atoms with van der Waals surface area (Å²) in [6.07, 6.45) is 1.80. The molecule has 0 saturated carbocycles. The molecule has 3 aromatic carbocycles. The number of benzene rings is 3. The van der Waals surface area contributed by atoms with Gasteiger partial charge in [-0.1, -0.05) is 29.5 Å². The van der Waals surface area contributed by atoms with Crippen molar-refractivity contribution in [3.63, 3.8) is 0 Å². The monoisotopic (exact) mass is 523 g/mol. The molecular weight excluding hydrogens is 509 g/mol. The zero-order chi connectivity index (χ0) is 22.9. The van der Waals surface area contributed by atoms with Crippen molar-refractivity contribution >= 4 is 60.9 Å². The van der Waals surface area contributed by atoms with Crippen LogP contribution in [-0.2, 0) is 4.79 Å². The third kappa shape index (κ3) is 4.37. The predicted molar refractivity (Wildman–Crippen MR) is 130 cm³/mol. The minimum absolute atomic E-state index is 0.113. The van der Waals surface area contributed by atoms with Gasteiger partial charge in [-0.3, -0.25) is 9.59 Å². The predicted octanol–water partition coefficient (Wildman–Crippen LogP) is 4.38. The van der Waals surface area contributed by atoms with Crippen molar-refractivity contribution in [3.05, 3.63) is 97.5 Å². The van der Waals surface area contributed by atoms with Gasteiger partial charge in [0, 0.05) is 5.69 Å². The van der Waals surface area contributed by atoms with E-state index in [0.29, 0.717) is 25.4 Å². The molecule has 0 atom stereocenters. The number of fused-ring (bicyclic) bond motifs is 3. The fourth-order valence-corrected chi connectivity index (χ4v) is 4.86. The number of ether oxygens (including phenoxy) is 1. The van der Waals surface area contributed by atoms with E-state index >= 15 is 0 Å². The number of rotatable bonds is 5. The lowest BCUT2D eigenvalue weighted by molar-refractivity contribution is -0.118. The maximum atomic E-state index is 13.0. The second kappa shape index (κ2) is 8.76. The zero-order valence-corrected chi connectivity index (χ0v) is 19.3. The number of para-hydroxylation sites is 2. The highest BCUT2D eigenvalue weighted by Crippen LogP contribution is 2.26. The largest absolute Gasteiger partial charge is 0.483 e. The zero-order valence-electron chi connectivity index (χ0n) is 16.9. The Morgan fingerprint density at radius 2 is 1.94 bits per heavy atom. The molecule has 2 heterocycles. The fourth-order valence-electron chi connectivity index (χ4n) is 3.36. The van der Waals surface area contributed by atoms with Gasteiger partial charge in [-0.2, -0.15) is 0 Å². The van der Waals surface area contributed by atoms with Crippen LogP contribution in [0.15, 0.2) is 76.0 Å². The molecule has 0 unspecified atom stereocenters. The van der Waals surface area contributed by atoms with Crippen LogP contribution >= 0.6 is 27.3 Å². The van der Waals surface area contributed by atoms with Crippen LogP contribution in [0.1, 0.15) is 5.56 Å². The summed E-state index contributed by atoms with van der Waals surface area (Å²) >= 11 is 4.78. The minimum Gasteiger partial charge on any atom is -0.483 e. The number of halogens is 2. The van der Waals surface area contributed by atoms with E-state index in [1.165, 1.54) is 35.6 Å². The highest BCUT2D eigenvalue weighted by molar-refractivity contribution is 9.10. The van der Waals surface area contributed by atoms with E-state index in [-0.39, 0.29) is 23.9 Å². The third-order valence-corrected chi connectivity index (χ3v) is 6.47. The van der Waals surface area contributed by atoms with Gasteiger partial charge in [0.2, 0.25) is 0 Å². The first-order valence-corrected chi connectivity index (χ1v) is 11.5. The van der Waals surface area contributed by atoms with E-state index in [1.54, 1.807) is 22.6 Å². The first-order chi connectivity index (χ1) is 16.0. The summed E-state index contributed by atoms with van der Waals surface area (Å²) in [7, 11) is 0. The lowest BCUT2D eigenvalue weighted by atomic mass is 10.2. The molecule has 5 rings (SSSR count). The van der Waals surface area contributed by atoms with Crippen molar-refractivity contribution in [2.45, 2.75) is 0 Å². The normalized spacial score (nSPS) is 11.9. The SMILES string of the molecule is O=C(COc1ccc(/C=c2\sc3nc4ccccc4n3c2=O)cc1Br)Nc1ccc(F)cc1. The molecule has 0 aliphatic heterocycles. The van der Waals surface area contributed by atoms with Gasteiger partial charge in [0.25, 0.3) is 11.5 Å². The number of thiazole rings is 1. The van der Waals surface area contributed by atoms with Crippen molar-refractivity contribution in [3.8, 4) is 5.75 Å². The van der Waals surface area contributed by atoms with Crippen LogP contribution in [0.4, 0.5) is 10.1 Å². The van der Waals surface area contributed by atoms with E-state index in [0.717, 1.165) is 16.6 Å². The third-order valence-electron chi connectivity index (χ3n) is 4.89. The Bertz CT molecular complexity index is 1610. The van der Waals surface area contributed by atoms with E-state index in [4.69, 9.17) is 4.74 Å². The summed E-state index contributed by atoms with van der Waals surface area (Å²) in [5.41, 5.74) is 2.75. The number of amides is 1. The Labute approximate surface area is 199 Å². The van der Waals surface area contributed by atoms with Crippen LogP contribution in [0.25, 0.3) is 22.1 Å². The number of anilines is 1. The maximum Gasteiger partial charge on any atom is 0.274 e. The van der Waals surface area contributed by atoms with Crippen LogP contribution < -0.4 is 20.1 Å². The summed E-state index contributed by atoms with van der Waals surface area (Å²) in [6.45, 7) is -0.209. The quantitative estimate of drug-likeness (QED) is 0.371. The smallest absolute Gasteiger partial charge is 0.274 e. The van der Waals surface area contributed by atoms with Crippen LogP contribution in [0.3, 0.4) is 0 Å². The van der Waals surface area contributed by atoms with Gasteiger partial charge < -0.3 is 10.1 Å². The van der Waals surface area contributed by atoms with E-state index in [1.807, 2.05) is 30.3 Å². The number of hydrogen-bond donors (Lipinski definition) is 1. The van der Waals surface area contributed by atoms with Crippen molar-refractivity contribution in [2.75, 3.05) is 11.9 Å². The van der Waals surface area contributed by atoms with Crippen LogP contribution in [-0.4, -0.2) is 21.9 Å². The van der Waals surface area contributed by atoms with Gasteiger partial charge in [0.05, 0.1) is 20.0 Å². The Kier molecular flexibility index (Phi) is 5.65. The molecule has 1 amide bonds. The van der Waals surface area contributed by atoms with E-state index in [9.17, 15) is 14.0 Å². The highest BCUT2D eigenvalue weighted by atomic mass is 79.9. The minimum atomic E-state index is -0.376. The molecule has 0 saturated heterocycles. The Hall–Kier alpha value is -3.56. The molecule has 0 aliphatic carbocycles. The topological polar surface area (TPSA) is 72.7 Å². The summed E-state index contributed by atoms with van der Waals surface area (Å²) in [5, 5.41) is 2.64. The number of aromatic nitrogens is 2. The van der Waals surface area contributed by atoms with Crippen molar-refractivity contribution in [2.24, 2.45) is 0 Å². The molecule has 9 heteroatoms. The average molecular weight is 524 g/mol. The molecule has 6 nitrogen and oxygen atoms in total. The van der Waals surface area contributed by atoms with Crippen molar-refractivity contribution < 1.29 is 13.9 Å². The number of imidazole rings is 1. The Morgan fingerprint density at radius 3 is 2.73 bits per heavy atom. The van der Waals surface area contributed by atoms with Gasteiger partial charge in [-0.15, -0.1) is 0 Å². The van der Waals surface area contributed by atoms with Gasteiger partial charge in [-0.05, 0) is 76.1 Å². The maximum absolute atomic E-state index is 13.0. The molecule has 33 heavy (non-hydrogen) atoms. The second-order valence-corrected chi connectivity index (χ2v) is 9.03. The summed E-state index contributed by atoms with van der Waals surface area (Å²) < 4.78 is 21.4. The van der Waals surface area contributed by atoms with Crippen LogP contribution in [0.2, 0.25) is 0 Å². The van der Waals surface area contributed by atoms with Crippen LogP contribution in [0.5, 0.6) is 5.75 Å². The van der Waals surface area contributed by atoms with Crippen molar-refractivity contribution in [1.29, 1.82) is 0 Å². The fraction of sp³-hybridized carbons (Fsp3) is 0.0417. The molecule has 0 radical (unpaired) electrons. The molecule has 5 aromatic rings. The average Bonchev–Trinajstić information content (AvgIpc) is 3.31. The standard InChI is InChI=1S/C24H15BrFN3O3S/c25-17-11-14(5-10-20(17)32-13-22(30)27-16-8-6-15(26)7-9-16)12-21-23(31)29-19-4-2-1-3-18(19)28-24(29)33-21/h1-12H,13H2,(H,27,30)/b21-12-. The lowest BCUT2D eigenvalue weighted by Crippen LogP contribution is -2.22. The van der Waals surface area contributed by atoms with Crippen LogP contribution in [0, 0.1) is 5.82 Å². The summed E-state index contributed by atoms with van der Waals surface area (Å²) in [4.78, 5) is 30.2. The van der Waals surface area contributed by atoms with E-state index in [2.05, 4.69) is 26.2 Å². The Morgan fingerprint density at radius 1 is 1.15 bits per heavy atom. The first kappa shape index (κ1) is 21.3. The van der Waals surface area contributed by atoms with Crippen molar-refractivity contribution in [1.82, 2.24) is 9.38 Å². The van der Waals surface area contributed by atoms with Gasteiger partial charge >= 0.3 is 0 Å². The molecule has 2 aromatic heterocycles. The number of carbonyl (C=O) groups excluding carboxylic acids is 1. The number of hydrogen-bond acceptors (Lipinski definition) is 5. The second-order valence-electron chi connectivity index (χ2n) is 7.17. The molecule has 0 bridgehead atoms. The first-order valence-electron chi connectivity index (χ1n) is 9.87. The molecular formula is C24H15BrFN3O3S. The van der Waals surface area contributed by atoms with Gasteiger partial charge in [-0.25, -0.2) is 13.8 Å². The highest BCUT2D eigenvalue weighted by Gasteiger charge is 2.11.